The Kier molecular flexibility index (Phi) is 6.17. The lowest BCUT2D eigenvalue weighted by atomic mass is 10.1. The predicted molar refractivity (Wildman–Crippen MR) is 93.0 cm³/mol. The van der Waals surface area contributed by atoms with Crippen molar-refractivity contribution in [2.75, 3.05) is 6.61 Å². The topological polar surface area (TPSA) is 50.4 Å². The minimum Gasteiger partial charge on any atom is -0.490 e. The van der Waals surface area contributed by atoms with E-state index in [1.165, 1.54) is 23.3 Å². The second-order valence-corrected chi connectivity index (χ2v) is 5.44. The molecule has 1 aliphatic heterocycles. The number of ether oxygens (including phenoxy) is 1. The summed E-state index contributed by atoms with van der Waals surface area (Å²) in [7, 11) is 0. The van der Waals surface area contributed by atoms with Crippen LogP contribution in [0.3, 0.4) is 0 Å². The standard InChI is InChI=1S/C18H19FN2O2.ClH/c1-2-23-17-15(4-3-5-16(17)19)18(22)21-9-12-6-7-13-10-20-11-14(13)8-12;/h3-8,20H,2,9-11H2,1H3,(H,21,22);1H. The van der Waals surface area contributed by atoms with Crippen molar-refractivity contribution in [1.82, 2.24) is 10.6 Å². The molecule has 6 heteroatoms. The minimum absolute atomic E-state index is 0. The van der Waals surface area contributed by atoms with Gasteiger partial charge in [0.05, 0.1) is 12.2 Å². The third kappa shape index (κ3) is 3.86. The number of benzene rings is 2. The molecule has 0 radical (unpaired) electrons. The molecule has 3 rings (SSSR count). The number of fused-ring (bicyclic) bond motifs is 1. The summed E-state index contributed by atoms with van der Waals surface area (Å²) < 4.78 is 19.1. The Morgan fingerprint density at radius 1 is 1.25 bits per heavy atom. The zero-order valence-electron chi connectivity index (χ0n) is 13.4. The first kappa shape index (κ1) is 18.2. The van der Waals surface area contributed by atoms with E-state index in [1.54, 1.807) is 13.0 Å². The van der Waals surface area contributed by atoms with Crippen LogP contribution in [-0.4, -0.2) is 12.5 Å². The lowest BCUT2D eigenvalue weighted by Crippen LogP contribution is -2.24. The SMILES string of the molecule is CCOc1c(F)cccc1C(=O)NCc1ccc2c(c1)CNC2.Cl. The first-order valence-corrected chi connectivity index (χ1v) is 7.70. The molecule has 0 aliphatic carbocycles. The highest BCUT2D eigenvalue weighted by Crippen LogP contribution is 2.23. The molecule has 1 aliphatic rings. The van der Waals surface area contributed by atoms with Crippen molar-refractivity contribution in [2.45, 2.75) is 26.6 Å². The Morgan fingerprint density at radius 3 is 2.83 bits per heavy atom. The molecule has 1 heterocycles. The molecular formula is C18H20ClFN2O2. The third-order valence-corrected chi connectivity index (χ3v) is 3.85. The average Bonchev–Trinajstić information content (AvgIpc) is 3.02. The molecular weight excluding hydrogens is 331 g/mol. The third-order valence-electron chi connectivity index (χ3n) is 3.85. The predicted octanol–water partition coefficient (Wildman–Crippen LogP) is 3.18. The second-order valence-electron chi connectivity index (χ2n) is 5.44. The van der Waals surface area contributed by atoms with Gasteiger partial charge in [0.1, 0.15) is 0 Å². The minimum atomic E-state index is -0.525. The fourth-order valence-electron chi connectivity index (χ4n) is 2.71. The van der Waals surface area contributed by atoms with Crippen molar-refractivity contribution >= 4 is 18.3 Å². The summed E-state index contributed by atoms with van der Waals surface area (Å²) in [6, 6.07) is 10.5. The number of hydrogen-bond acceptors (Lipinski definition) is 3. The Hall–Kier alpha value is -2.11. The van der Waals surface area contributed by atoms with Crippen LogP contribution in [0, 0.1) is 5.82 Å². The van der Waals surface area contributed by atoms with Crippen LogP contribution >= 0.6 is 12.4 Å². The second kappa shape index (κ2) is 8.13. The van der Waals surface area contributed by atoms with E-state index in [-0.39, 0.29) is 29.6 Å². The number of hydrogen-bond donors (Lipinski definition) is 2. The van der Waals surface area contributed by atoms with Gasteiger partial charge in [-0.3, -0.25) is 4.79 Å². The lowest BCUT2D eigenvalue weighted by Gasteiger charge is -2.12. The molecule has 1 amide bonds. The van der Waals surface area contributed by atoms with E-state index in [1.807, 2.05) is 6.07 Å². The van der Waals surface area contributed by atoms with Crippen molar-refractivity contribution < 1.29 is 13.9 Å². The number of rotatable bonds is 5. The summed E-state index contributed by atoms with van der Waals surface area (Å²) in [6.45, 7) is 4.21. The molecule has 2 N–H and O–H groups in total. The maximum absolute atomic E-state index is 13.8. The quantitative estimate of drug-likeness (QED) is 0.870. The van der Waals surface area contributed by atoms with Crippen LogP contribution in [0.15, 0.2) is 36.4 Å². The van der Waals surface area contributed by atoms with Crippen LogP contribution in [0.4, 0.5) is 4.39 Å². The van der Waals surface area contributed by atoms with Gasteiger partial charge in [0.15, 0.2) is 11.6 Å². The maximum atomic E-state index is 13.8. The van der Waals surface area contributed by atoms with Gasteiger partial charge in [-0.15, -0.1) is 12.4 Å². The summed E-state index contributed by atoms with van der Waals surface area (Å²) >= 11 is 0. The zero-order valence-corrected chi connectivity index (χ0v) is 14.2. The van der Waals surface area contributed by atoms with E-state index in [0.717, 1.165) is 18.7 Å². The molecule has 0 fully saturated rings. The van der Waals surface area contributed by atoms with Crippen LogP contribution in [0.1, 0.15) is 34.0 Å². The maximum Gasteiger partial charge on any atom is 0.255 e. The number of carbonyl (C=O) groups is 1. The van der Waals surface area contributed by atoms with Crippen LogP contribution in [0.25, 0.3) is 0 Å². The van der Waals surface area contributed by atoms with Crippen molar-refractivity contribution in [3.05, 3.63) is 64.5 Å². The summed E-state index contributed by atoms with van der Waals surface area (Å²) in [6.07, 6.45) is 0. The van der Waals surface area contributed by atoms with E-state index < -0.39 is 5.82 Å². The highest BCUT2D eigenvalue weighted by molar-refractivity contribution is 5.96. The van der Waals surface area contributed by atoms with Gasteiger partial charge in [0, 0.05) is 19.6 Å². The van der Waals surface area contributed by atoms with Crippen molar-refractivity contribution in [3.63, 3.8) is 0 Å². The van der Waals surface area contributed by atoms with E-state index in [0.29, 0.717) is 13.2 Å². The van der Waals surface area contributed by atoms with E-state index in [4.69, 9.17) is 4.74 Å². The Morgan fingerprint density at radius 2 is 2.04 bits per heavy atom. The molecule has 0 saturated heterocycles. The zero-order chi connectivity index (χ0) is 16.2. The van der Waals surface area contributed by atoms with Crippen LogP contribution < -0.4 is 15.4 Å². The largest absolute Gasteiger partial charge is 0.490 e. The molecule has 0 spiro atoms. The van der Waals surface area contributed by atoms with Crippen LogP contribution in [0.2, 0.25) is 0 Å². The first-order valence-electron chi connectivity index (χ1n) is 7.70. The Labute approximate surface area is 146 Å². The molecule has 24 heavy (non-hydrogen) atoms. The number of nitrogens with one attached hydrogen (secondary N) is 2. The normalized spacial score (nSPS) is 12.2. The fourth-order valence-corrected chi connectivity index (χ4v) is 2.71. The van der Waals surface area contributed by atoms with Crippen LogP contribution in [0.5, 0.6) is 5.75 Å². The van der Waals surface area contributed by atoms with E-state index in [2.05, 4.69) is 22.8 Å². The van der Waals surface area contributed by atoms with E-state index in [9.17, 15) is 9.18 Å². The van der Waals surface area contributed by atoms with Gasteiger partial charge in [-0.05, 0) is 35.7 Å². The molecule has 0 aromatic heterocycles. The van der Waals surface area contributed by atoms with Gasteiger partial charge < -0.3 is 15.4 Å². The monoisotopic (exact) mass is 350 g/mol. The molecule has 0 saturated carbocycles. The molecule has 128 valence electrons. The smallest absolute Gasteiger partial charge is 0.255 e. The Balaban J connectivity index is 0.00000208. The number of carbonyl (C=O) groups excluding carboxylic acids is 1. The van der Waals surface area contributed by atoms with Crippen LogP contribution in [-0.2, 0) is 19.6 Å². The van der Waals surface area contributed by atoms with Crippen molar-refractivity contribution in [1.29, 1.82) is 0 Å². The van der Waals surface area contributed by atoms with Crippen molar-refractivity contribution in [3.8, 4) is 5.75 Å². The molecule has 2 aromatic rings. The van der Waals surface area contributed by atoms with Gasteiger partial charge >= 0.3 is 0 Å². The summed E-state index contributed by atoms with van der Waals surface area (Å²) in [5.41, 5.74) is 3.80. The summed E-state index contributed by atoms with van der Waals surface area (Å²) in [5, 5.41) is 6.11. The summed E-state index contributed by atoms with van der Waals surface area (Å²) in [5.74, 6) is -0.861. The molecule has 4 nitrogen and oxygen atoms in total. The number of halogens is 2. The first-order chi connectivity index (χ1) is 11.2. The molecule has 0 atom stereocenters. The number of para-hydroxylation sites is 1. The highest BCUT2D eigenvalue weighted by atomic mass is 35.5. The van der Waals surface area contributed by atoms with Gasteiger partial charge in [0.2, 0.25) is 0 Å². The molecule has 2 aromatic carbocycles. The van der Waals surface area contributed by atoms with Gasteiger partial charge in [-0.25, -0.2) is 4.39 Å². The van der Waals surface area contributed by atoms with Gasteiger partial charge in [-0.2, -0.15) is 0 Å². The Bertz CT molecular complexity index is 737. The van der Waals surface area contributed by atoms with Gasteiger partial charge in [-0.1, -0.05) is 24.3 Å². The number of amides is 1. The lowest BCUT2D eigenvalue weighted by molar-refractivity contribution is 0.0946. The van der Waals surface area contributed by atoms with E-state index >= 15 is 0 Å². The fraction of sp³-hybridized carbons (Fsp3) is 0.278. The molecule has 0 unspecified atom stereocenters. The summed E-state index contributed by atoms with van der Waals surface area (Å²) in [4.78, 5) is 12.3. The average molecular weight is 351 g/mol. The van der Waals surface area contributed by atoms with Gasteiger partial charge in [0.25, 0.3) is 5.91 Å². The molecule has 0 bridgehead atoms. The highest BCUT2D eigenvalue weighted by Gasteiger charge is 2.16. The van der Waals surface area contributed by atoms with Crippen molar-refractivity contribution in [2.24, 2.45) is 0 Å².